The molecule has 2 unspecified atom stereocenters. The third-order valence-corrected chi connectivity index (χ3v) is 5.19. The zero-order valence-corrected chi connectivity index (χ0v) is 15.2. The van der Waals surface area contributed by atoms with Gasteiger partial charge in [0.15, 0.2) is 5.60 Å². The fraction of sp³-hybridized carbons (Fsp3) is 0.261. The van der Waals surface area contributed by atoms with E-state index in [1.807, 2.05) is 66.7 Å². The fourth-order valence-electron chi connectivity index (χ4n) is 3.91. The summed E-state index contributed by atoms with van der Waals surface area (Å²) in [5.41, 5.74) is 1.28. The molecule has 4 rings (SSSR count). The third kappa shape index (κ3) is 3.52. The van der Waals surface area contributed by atoms with Crippen LogP contribution in [0.4, 0.5) is 0 Å². The molecule has 1 aliphatic rings. The molecule has 0 aliphatic carbocycles. The second-order valence-electron chi connectivity index (χ2n) is 6.81. The summed E-state index contributed by atoms with van der Waals surface area (Å²) in [6.45, 7) is 2.86. The maximum atomic E-state index is 12.3. The molecule has 0 amide bonds. The fourth-order valence-corrected chi connectivity index (χ4v) is 3.91. The Balaban J connectivity index is 1.91. The molecule has 27 heavy (non-hydrogen) atoms. The summed E-state index contributed by atoms with van der Waals surface area (Å²) in [7, 11) is 0. The van der Waals surface area contributed by atoms with Gasteiger partial charge < -0.3 is 9.84 Å². The van der Waals surface area contributed by atoms with Crippen LogP contribution in [0, 0.1) is 0 Å². The summed E-state index contributed by atoms with van der Waals surface area (Å²) < 4.78 is 5.57. The highest BCUT2D eigenvalue weighted by molar-refractivity contribution is 5.38. The molecule has 1 fully saturated rings. The lowest BCUT2D eigenvalue weighted by molar-refractivity contribution is -0.0638. The predicted octanol–water partition coefficient (Wildman–Crippen LogP) is 3.39. The van der Waals surface area contributed by atoms with Gasteiger partial charge in [-0.25, -0.2) is 0 Å². The van der Waals surface area contributed by atoms with Crippen molar-refractivity contribution in [1.82, 2.24) is 9.88 Å². The zero-order chi connectivity index (χ0) is 18.5. The Morgan fingerprint density at radius 1 is 0.852 bits per heavy atom. The van der Waals surface area contributed by atoms with Gasteiger partial charge in [0.1, 0.15) is 0 Å². The van der Waals surface area contributed by atoms with Gasteiger partial charge in [-0.1, -0.05) is 66.7 Å². The molecule has 4 nitrogen and oxygen atoms in total. The Morgan fingerprint density at radius 3 is 2.11 bits per heavy atom. The molecule has 1 saturated heterocycles. The van der Waals surface area contributed by atoms with Crippen LogP contribution in [0.2, 0.25) is 0 Å². The summed E-state index contributed by atoms with van der Waals surface area (Å²) in [4.78, 5) is 6.87. The largest absolute Gasteiger partial charge is 0.379 e. The highest BCUT2D eigenvalue weighted by Gasteiger charge is 2.45. The summed E-state index contributed by atoms with van der Waals surface area (Å²) in [5.74, 6) is 0. The molecule has 138 valence electrons. The molecule has 0 radical (unpaired) electrons. The van der Waals surface area contributed by atoms with Crippen LogP contribution in [-0.4, -0.2) is 41.3 Å². The Morgan fingerprint density at radius 2 is 1.48 bits per heavy atom. The van der Waals surface area contributed by atoms with E-state index in [0.29, 0.717) is 18.9 Å². The Bertz CT molecular complexity index is 795. The van der Waals surface area contributed by atoms with Crippen molar-refractivity contribution in [3.63, 3.8) is 0 Å². The lowest BCUT2D eigenvalue weighted by Crippen LogP contribution is -2.49. The van der Waals surface area contributed by atoms with Crippen molar-refractivity contribution < 1.29 is 9.84 Å². The number of rotatable bonds is 5. The highest BCUT2D eigenvalue weighted by Crippen LogP contribution is 2.43. The summed E-state index contributed by atoms with van der Waals surface area (Å²) in [5, 5.41) is 12.3. The van der Waals surface area contributed by atoms with Crippen molar-refractivity contribution in [2.75, 3.05) is 26.3 Å². The van der Waals surface area contributed by atoms with Crippen molar-refractivity contribution in [2.24, 2.45) is 0 Å². The molecule has 1 aromatic heterocycles. The number of hydrogen-bond donors (Lipinski definition) is 1. The number of morpholine rings is 1. The minimum absolute atomic E-state index is 0.264. The average molecular weight is 360 g/mol. The van der Waals surface area contributed by atoms with Crippen molar-refractivity contribution in [2.45, 2.75) is 11.6 Å². The van der Waals surface area contributed by atoms with E-state index >= 15 is 0 Å². The van der Waals surface area contributed by atoms with Gasteiger partial charge in [0.25, 0.3) is 0 Å². The Kier molecular flexibility index (Phi) is 5.30. The quantitative estimate of drug-likeness (QED) is 0.758. The van der Waals surface area contributed by atoms with Crippen LogP contribution in [0.3, 0.4) is 0 Å². The predicted molar refractivity (Wildman–Crippen MR) is 105 cm³/mol. The number of hydrogen-bond acceptors (Lipinski definition) is 4. The SMILES string of the molecule is OC(c1ccccc1)(c1ccccn1)C(c1ccccc1)N1CCOCC1. The molecule has 0 saturated carbocycles. The molecule has 2 heterocycles. The summed E-state index contributed by atoms with van der Waals surface area (Å²) in [6.07, 6.45) is 1.74. The van der Waals surface area contributed by atoms with E-state index < -0.39 is 5.60 Å². The standard InChI is InChI=1S/C23H24N2O2/c26-23(20-11-5-2-6-12-20,21-13-7-8-14-24-21)22(19-9-3-1-4-10-19)25-15-17-27-18-16-25/h1-14,22,26H,15-18H2. The normalized spacial score (nSPS) is 18.6. The molecule has 1 aliphatic heterocycles. The smallest absolute Gasteiger partial charge is 0.151 e. The highest BCUT2D eigenvalue weighted by atomic mass is 16.5. The van der Waals surface area contributed by atoms with E-state index in [-0.39, 0.29) is 6.04 Å². The summed E-state index contributed by atoms with van der Waals surface area (Å²) in [6, 6.07) is 25.5. The Hall–Kier alpha value is -2.53. The van der Waals surface area contributed by atoms with Crippen LogP contribution >= 0.6 is 0 Å². The molecule has 1 N–H and O–H groups in total. The van der Waals surface area contributed by atoms with Crippen LogP contribution in [0.5, 0.6) is 0 Å². The maximum Gasteiger partial charge on any atom is 0.151 e. The molecule has 4 heteroatoms. The van der Waals surface area contributed by atoms with E-state index in [9.17, 15) is 5.11 Å². The average Bonchev–Trinajstić information content (AvgIpc) is 2.76. The lowest BCUT2D eigenvalue weighted by atomic mass is 9.78. The second-order valence-corrected chi connectivity index (χ2v) is 6.81. The number of benzene rings is 2. The van der Waals surface area contributed by atoms with E-state index in [2.05, 4.69) is 22.0 Å². The van der Waals surface area contributed by atoms with Crippen LogP contribution in [0.25, 0.3) is 0 Å². The molecule has 2 aromatic carbocycles. The number of aliphatic hydroxyl groups is 1. The molecule has 3 aromatic rings. The van der Waals surface area contributed by atoms with Gasteiger partial charge >= 0.3 is 0 Å². The van der Waals surface area contributed by atoms with Gasteiger partial charge in [-0.2, -0.15) is 0 Å². The van der Waals surface area contributed by atoms with Gasteiger partial charge in [-0.05, 0) is 23.3 Å². The molecular formula is C23H24N2O2. The van der Waals surface area contributed by atoms with Crippen molar-refractivity contribution >= 4 is 0 Å². The first kappa shape index (κ1) is 17.9. The Labute approximate surface area is 160 Å². The maximum absolute atomic E-state index is 12.3. The number of nitrogens with zero attached hydrogens (tertiary/aromatic N) is 2. The second kappa shape index (κ2) is 8.01. The van der Waals surface area contributed by atoms with Crippen LogP contribution in [0.15, 0.2) is 85.1 Å². The molecular weight excluding hydrogens is 336 g/mol. The molecule has 0 bridgehead atoms. The number of pyridine rings is 1. The van der Waals surface area contributed by atoms with E-state index in [1.165, 1.54) is 0 Å². The zero-order valence-electron chi connectivity index (χ0n) is 15.2. The van der Waals surface area contributed by atoms with Crippen LogP contribution in [0.1, 0.15) is 22.9 Å². The van der Waals surface area contributed by atoms with Crippen molar-refractivity contribution in [3.05, 3.63) is 102 Å². The monoisotopic (exact) mass is 360 g/mol. The van der Waals surface area contributed by atoms with Crippen molar-refractivity contribution in [1.29, 1.82) is 0 Å². The summed E-state index contributed by atoms with van der Waals surface area (Å²) >= 11 is 0. The first-order valence-electron chi connectivity index (χ1n) is 9.36. The minimum atomic E-state index is -1.28. The number of ether oxygens (including phenoxy) is 1. The molecule has 0 spiro atoms. The van der Waals surface area contributed by atoms with Crippen molar-refractivity contribution in [3.8, 4) is 0 Å². The first-order chi connectivity index (χ1) is 13.3. The van der Waals surface area contributed by atoms with E-state index in [0.717, 1.165) is 24.2 Å². The van der Waals surface area contributed by atoms with Gasteiger partial charge in [0.2, 0.25) is 0 Å². The lowest BCUT2D eigenvalue weighted by Gasteiger charge is -2.44. The van der Waals surface area contributed by atoms with E-state index in [1.54, 1.807) is 6.20 Å². The van der Waals surface area contributed by atoms with Crippen LogP contribution < -0.4 is 0 Å². The van der Waals surface area contributed by atoms with Gasteiger partial charge in [-0.3, -0.25) is 9.88 Å². The first-order valence-corrected chi connectivity index (χ1v) is 9.36. The molecule has 2 atom stereocenters. The van der Waals surface area contributed by atoms with E-state index in [4.69, 9.17) is 4.74 Å². The van der Waals surface area contributed by atoms with Crippen LogP contribution in [-0.2, 0) is 10.3 Å². The van der Waals surface area contributed by atoms with Gasteiger partial charge in [0.05, 0.1) is 24.9 Å². The number of aromatic nitrogens is 1. The third-order valence-electron chi connectivity index (χ3n) is 5.19. The topological polar surface area (TPSA) is 45.6 Å². The minimum Gasteiger partial charge on any atom is -0.379 e. The van der Waals surface area contributed by atoms with Gasteiger partial charge in [0, 0.05) is 19.3 Å². The van der Waals surface area contributed by atoms with Gasteiger partial charge in [-0.15, -0.1) is 0 Å².